The maximum atomic E-state index is 12.7. The van der Waals surface area contributed by atoms with E-state index < -0.39 is 10.2 Å². The molecule has 0 atom stereocenters. The van der Waals surface area contributed by atoms with Crippen molar-refractivity contribution in [3.63, 3.8) is 0 Å². The van der Waals surface area contributed by atoms with Crippen LogP contribution in [0.15, 0.2) is 36.7 Å². The molecule has 0 aliphatic carbocycles. The van der Waals surface area contributed by atoms with Crippen LogP contribution in [0.4, 0.5) is 0 Å². The predicted octanol–water partition coefficient (Wildman–Crippen LogP) is 1.91. The van der Waals surface area contributed by atoms with Crippen molar-refractivity contribution in [3.8, 4) is 11.4 Å². The van der Waals surface area contributed by atoms with Gasteiger partial charge in [0.1, 0.15) is 0 Å². The molecule has 1 aromatic carbocycles. The molecule has 2 saturated heterocycles. The van der Waals surface area contributed by atoms with Gasteiger partial charge in [-0.3, -0.25) is 4.90 Å². The van der Waals surface area contributed by atoms with E-state index in [0.29, 0.717) is 26.2 Å². The van der Waals surface area contributed by atoms with Gasteiger partial charge in [-0.05, 0) is 25.8 Å². The maximum absolute atomic E-state index is 12.7. The Kier molecular flexibility index (Phi) is 5.73. The number of hydrogen-bond acceptors (Lipinski definition) is 5. The van der Waals surface area contributed by atoms with Crippen LogP contribution < -0.4 is 0 Å². The summed E-state index contributed by atoms with van der Waals surface area (Å²) >= 11 is 0. The molecule has 3 heterocycles. The summed E-state index contributed by atoms with van der Waals surface area (Å²) < 4.78 is 28.6. The molecule has 28 heavy (non-hydrogen) atoms. The lowest BCUT2D eigenvalue weighted by molar-refractivity contribution is 0.176. The highest BCUT2D eigenvalue weighted by atomic mass is 32.2. The molecule has 2 aromatic rings. The zero-order valence-corrected chi connectivity index (χ0v) is 17.1. The maximum Gasteiger partial charge on any atom is 0.282 e. The minimum absolute atomic E-state index is 0.543. The summed E-state index contributed by atoms with van der Waals surface area (Å²) in [5.74, 6) is 0.731. The Morgan fingerprint density at radius 1 is 0.929 bits per heavy atom. The summed E-state index contributed by atoms with van der Waals surface area (Å²) in [5, 5.41) is 0. The molecule has 0 amide bonds. The standard InChI is InChI=1S/C20H27N5O2S/c1-17-5-4-6-19(13-17)20-21-14-18(15-22-20)16-23-9-11-25(12-10-23)28(26,27)24-7-2-3-8-24/h4-6,13-15H,2-3,7-12,16H2,1H3. The third-order valence-corrected chi connectivity index (χ3v) is 7.47. The number of aryl methyl sites for hydroxylation is 1. The highest BCUT2D eigenvalue weighted by Crippen LogP contribution is 2.19. The van der Waals surface area contributed by atoms with Crippen LogP contribution in [0.3, 0.4) is 0 Å². The van der Waals surface area contributed by atoms with Crippen LogP contribution in [-0.2, 0) is 16.8 Å². The van der Waals surface area contributed by atoms with Gasteiger partial charge in [-0.25, -0.2) is 9.97 Å². The number of aromatic nitrogens is 2. The predicted molar refractivity (Wildman–Crippen MR) is 109 cm³/mol. The zero-order chi connectivity index (χ0) is 19.6. The van der Waals surface area contributed by atoms with Crippen molar-refractivity contribution in [2.24, 2.45) is 0 Å². The largest absolute Gasteiger partial charge is 0.296 e. The van der Waals surface area contributed by atoms with Gasteiger partial charge in [0.05, 0.1) is 0 Å². The quantitative estimate of drug-likeness (QED) is 0.766. The van der Waals surface area contributed by atoms with Crippen molar-refractivity contribution in [2.45, 2.75) is 26.3 Å². The van der Waals surface area contributed by atoms with Crippen LogP contribution >= 0.6 is 0 Å². The molecule has 2 aliphatic rings. The fourth-order valence-electron chi connectivity index (χ4n) is 3.83. The summed E-state index contributed by atoms with van der Waals surface area (Å²) in [7, 11) is -3.28. The van der Waals surface area contributed by atoms with Crippen LogP contribution in [0, 0.1) is 6.92 Å². The number of benzene rings is 1. The second kappa shape index (κ2) is 8.24. The van der Waals surface area contributed by atoms with Gasteiger partial charge >= 0.3 is 0 Å². The molecule has 0 unspecified atom stereocenters. The minimum Gasteiger partial charge on any atom is -0.296 e. The van der Waals surface area contributed by atoms with Crippen LogP contribution in [0.25, 0.3) is 11.4 Å². The van der Waals surface area contributed by atoms with Gasteiger partial charge < -0.3 is 0 Å². The average molecular weight is 402 g/mol. The lowest BCUT2D eigenvalue weighted by Gasteiger charge is -2.35. The molecule has 0 spiro atoms. The van der Waals surface area contributed by atoms with Gasteiger partial charge in [-0.2, -0.15) is 17.0 Å². The highest BCUT2D eigenvalue weighted by Gasteiger charge is 2.33. The Morgan fingerprint density at radius 2 is 1.57 bits per heavy atom. The fourth-order valence-corrected chi connectivity index (χ4v) is 5.50. The topological polar surface area (TPSA) is 69.6 Å². The van der Waals surface area contributed by atoms with Gasteiger partial charge in [0.15, 0.2) is 5.82 Å². The molecule has 0 radical (unpaired) electrons. The van der Waals surface area contributed by atoms with E-state index >= 15 is 0 Å². The molecule has 150 valence electrons. The second-order valence-electron chi connectivity index (χ2n) is 7.57. The van der Waals surface area contributed by atoms with E-state index in [2.05, 4.69) is 33.9 Å². The number of piperazine rings is 1. The first-order valence-electron chi connectivity index (χ1n) is 9.88. The summed E-state index contributed by atoms with van der Waals surface area (Å²) in [6.07, 6.45) is 5.69. The molecule has 2 aliphatic heterocycles. The number of rotatable bonds is 5. The average Bonchev–Trinajstić information content (AvgIpc) is 3.25. The first-order chi connectivity index (χ1) is 13.5. The van der Waals surface area contributed by atoms with Crippen molar-refractivity contribution in [2.75, 3.05) is 39.3 Å². The van der Waals surface area contributed by atoms with E-state index in [0.717, 1.165) is 49.4 Å². The molecule has 8 heteroatoms. The summed E-state index contributed by atoms with van der Waals surface area (Å²) in [4.78, 5) is 11.3. The molecule has 7 nitrogen and oxygen atoms in total. The monoisotopic (exact) mass is 401 g/mol. The Hall–Kier alpha value is -1.87. The molecule has 1 aromatic heterocycles. The van der Waals surface area contributed by atoms with E-state index in [1.54, 1.807) is 8.61 Å². The van der Waals surface area contributed by atoms with Gasteiger partial charge in [-0.15, -0.1) is 0 Å². The first kappa shape index (κ1) is 19.4. The van der Waals surface area contributed by atoms with E-state index in [1.807, 2.05) is 24.5 Å². The third-order valence-electron chi connectivity index (χ3n) is 5.44. The molecule has 2 fully saturated rings. The second-order valence-corrected chi connectivity index (χ2v) is 9.50. The van der Waals surface area contributed by atoms with Gasteiger partial charge in [0, 0.05) is 69.3 Å². The SMILES string of the molecule is Cc1cccc(-c2ncc(CN3CCN(S(=O)(=O)N4CCCC4)CC3)cn2)c1. The molecule has 4 rings (SSSR count). The normalized spacial score (nSPS) is 19.9. The molecular weight excluding hydrogens is 374 g/mol. The van der Waals surface area contributed by atoms with Crippen LogP contribution in [0.5, 0.6) is 0 Å². The van der Waals surface area contributed by atoms with Crippen LogP contribution in [-0.4, -0.2) is 71.2 Å². The molecule has 0 saturated carbocycles. The Morgan fingerprint density at radius 3 is 2.21 bits per heavy atom. The van der Waals surface area contributed by atoms with Crippen LogP contribution in [0.2, 0.25) is 0 Å². The van der Waals surface area contributed by atoms with E-state index in [9.17, 15) is 8.42 Å². The minimum atomic E-state index is -3.28. The lowest BCUT2D eigenvalue weighted by Crippen LogP contribution is -2.52. The van der Waals surface area contributed by atoms with Crippen molar-refractivity contribution in [1.29, 1.82) is 0 Å². The molecule has 0 bridgehead atoms. The first-order valence-corrected chi connectivity index (χ1v) is 11.3. The fraction of sp³-hybridized carbons (Fsp3) is 0.500. The summed E-state index contributed by atoms with van der Waals surface area (Å²) in [6.45, 7) is 6.66. The Balaban J connectivity index is 1.33. The Labute approximate surface area is 167 Å². The lowest BCUT2D eigenvalue weighted by atomic mass is 10.1. The Bertz CT molecular complexity index is 902. The van der Waals surface area contributed by atoms with Crippen molar-refractivity contribution in [1.82, 2.24) is 23.5 Å². The highest BCUT2D eigenvalue weighted by molar-refractivity contribution is 7.86. The number of nitrogens with zero attached hydrogens (tertiary/aromatic N) is 5. The molecular formula is C20H27N5O2S. The van der Waals surface area contributed by atoms with E-state index in [-0.39, 0.29) is 0 Å². The smallest absolute Gasteiger partial charge is 0.282 e. The summed E-state index contributed by atoms with van der Waals surface area (Å²) in [5.41, 5.74) is 3.26. The van der Waals surface area contributed by atoms with Crippen molar-refractivity contribution < 1.29 is 8.42 Å². The van der Waals surface area contributed by atoms with Crippen LogP contribution in [0.1, 0.15) is 24.0 Å². The van der Waals surface area contributed by atoms with Crippen molar-refractivity contribution in [3.05, 3.63) is 47.8 Å². The van der Waals surface area contributed by atoms with Crippen molar-refractivity contribution >= 4 is 10.2 Å². The third kappa shape index (κ3) is 4.25. The van der Waals surface area contributed by atoms with Gasteiger partial charge in [0.25, 0.3) is 10.2 Å². The molecule has 0 N–H and O–H groups in total. The van der Waals surface area contributed by atoms with E-state index in [1.165, 1.54) is 5.56 Å². The zero-order valence-electron chi connectivity index (χ0n) is 16.3. The van der Waals surface area contributed by atoms with Gasteiger partial charge in [-0.1, -0.05) is 23.8 Å². The van der Waals surface area contributed by atoms with E-state index in [4.69, 9.17) is 0 Å². The summed E-state index contributed by atoms with van der Waals surface area (Å²) in [6, 6.07) is 8.16. The number of hydrogen-bond donors (Lipinski definition) is 0. The van der Waals surface area contributed by atoms with Gasteiger partial charge in [0.2, 0.25) is 0 Å².